The fraction of sp³-hybridized carbons (Fsp3) is 0.538. The van der Waals surface area contributed by atoms with Crippen LogP contribution in [0.2, 0.25) is 10.0 Å². The van der Waals surface area contributed by atoms with Crippen molar-refractivity contribution < 1.29 is 4.21 Å². The van der Waals surface area contributed by atoms with Gasteiger partial charge in [-0.15, -0.1) is 0 Å². The summed E-state index contributed by atoms with van der Waals surface area (Å²) < 4.78 is 12.6. The molecule has 4 unspecified atom stereocenters. The van der Waals surface area contributed by atoms with Crippen molar-refractivity contribution in [1.29, 1.82) is 0 Å². The topological polar surface area (TPSA) is 43.1 Å². The van der Waals surface area contributed by atoms with E-state index in [4.69, 9.17) is 28.9 Å². The second-order valence-electron chi connectivity index (χ2n) is 4.99. The summed E-state index contributed by atoms with van der Waals surface area (Å²) in [5, 5.41) is 1.04. The average molecular weight is 306 g/mol. The van der Waals surface area contributed by atoms with Crippen LogP contribution < -0.4 is 5.73 Å². The molecule has 1 aromatic carbocycles. The van der Waals surface area contributed by atoms with Crippen molar-refractivity contribution in [2.45, 2.75) is 42.4 Å². The highest BCUT2D eigenvalue weighted by Gasteiger charge is 2.32. The summed E-state index contributed by atoms with van der Waals surface area (Å²) in [6.07, 6.45) is 2.92. The summed E-state index contributed by atoms with van der Waals surface area (Å²) in [5.74, 6) is 0.566. The molecule has 0 spiro atoms. The van der Waals surface area contributed by atoms with Crippen LogP contribution in [0.3, 0.4) is 0 Å². The van der Waals surface area contributed by atoms with Crippen LogP contribution in [-0.2, 0) is 10.8 Å². The van der Waals surface area contributed by atoms with Gasteiger partial charge in [-0.3, -0.25) is 4.21 Å². The molecule has 2 N–H and O–H groups in total. The van der Waals surface area contributed by atoms with Crippen molar-refractivity contribution in [2.75, 3.05) is 0 Å². The predicted molar refractivity (Wildman–Crippen MR) is 77.6 cm³/mol. The molecule has 0 bridgehead atoms. The van der Waals surface area contributed by atoms with Crippen molar-refractivity contribution in [3.05, 3.63) is 28.2 Å². The molecule has 0 saturated heterocycles. The number of rotatable bonds is 2. The van der Waals surface area contributed by atoms with E-state index in [-0.39, 0.29) is 11.3 Å². The Balaban J connectivity index is 2.27. The van der Waals surface area contributed by atoms with Gasteiger partial charge in [0.05, 0.1) is 26.0 Å². The van der Waals surface area contributed by atoms with Crippen molar-refractivity contribution in [1.82, 2.24) is 0 Å². The summed E-state index contributed by atoms with van der Waals surface area (Å²) in [5.41, 5.74) is 6.10. The van der Waals surface area contributed by atoms with E-state index in [0.29, 0.717) is 20.9 Å². The van der Waals surface area contributed by atoms with E-state index in [1.807, 2.05) is 0 Å². The van der Waals surface area contributed by atoms with Gasteiger partial charge in [-0.1, -0.05) is 30.1 Å². The lowest BCUT2D eigenvalue weighted by molar-refractivity contribution is 0.353. The molecule has 0 aliphatic heterocycles. The Hall–Kier alpha value is -0.0900. The minimum absolute atomic E-state index is 0.0166. The molecule has 18 heavy (non-hydrogen) atoms. The molecule has 4 atom stereocenters. The first kappa shape index (κ1) is 14.3. The van der Waals surface area contributed by atoms with Crippen LogP contribution in [0.1, 0.15) is 26.2 Å². The predicted octanol–water partition coefficient (Wildman–Crippen LogP) is 3.62. The Morgan fingerprint density at radius 2 is 2.06 bits per heavy atom. The summed E-state index contributed by atoms with van der Waals surface area (Å²) in [6, 6.07) is 5.06. The molecule has 1 aliphatic carbocycles. The third-order valence-corrected chi connectivity index (χ3v) is 6.03. The summed E-state index contributed by atoms with van der Waals surface area (Å²) in [6.45, 7) is 2.18. The number of hydrogen-bond acceptors (Lipinski definition) is 2. The van der Waals surface area contributed by atoms with Gasteiger partial charge in [0.2, 0.25) is 0 Å². The lowest BCUT2D eigenvalue weighted by atomic mass is 9.87. The van der Waals surface area contributed by atoms with Gasteiger partial charge in [-0.25, -0.2) is 0 Å². The molecule has 2 rings (SSSR count). The molecule has 1 fully saturated rings. The lowest BCUT2D eigenvalue weighted by Gasteiger charge is -2.31. The van der Waals surface area contributed by atoms with Crippen LogP contribution in [0.5, 0.6) is 0 Å². The molecule has 1 aliphatic rings. The van der Waals surface area contributed by atoms with E-state index < -0.39 is 10.8 Å². The van der Waals surface area contributed by atoms with Gasteiger partial charge >= 0.3 is 0 Å². The maximum atomic E-state index is 12.6. The molecule has 0 radical (unpaired) electrons. The first-order valence-electron chi connectivity index (χ1n) is 6.10. The van der Waals surface area contributed by atoms with E-state index in [0.717, 1.165) is 19.3 Å². The largest absolute Gasteiger partial charge is 0.327 e. The summed E-state index contributed by atoms with van der Waals surface area (Å²) >= 11 is 12.0. The summed E-state index contributed by atoms with van der Waals surface area (Å²) in [4.78, 5) is 0.610. The fourth-order valence-corrected chi connectivity index (χ4v) is 4.76. The number of nitrogens with two attached hydrogens (primary N) is 1. The lowest BCUT2D eigenvalue weighted by Crippen LogP contribution is -2.42. The molecule has 1 saturated carbocycles. The second kappa shape index (κ2) is 5.91. The quantitative estimate of drug-likeness (QED) is 0.907. The highest BCUT2D eigenvalue weighted by Crippen LogP contribution is 2.32. The van der Waals surface area contributed by atoms with Gasteiger partial charge in [0, 0.05) is 11.1 Å². The smallest absolute Gasteiger partial charge is 0.0592 e. The number of benzene rings is 1. The van der Waals surface area contributed by atoms with Crippen LogP contribution in [0, 0.1) is 5.92 Å². The zero-order valence-electron chi connectivity index (χ0n) is 10.2. The second-order valence-corrected chi connectivity index (χ2v) is 7.48. The van der Waals surface area contributed by atoms with Gasteiger partial charge in [0.1, 0.15) is 0 Å². The normalized spacial score (nSPS) is 30.1. The molecular weight excluding hydrogens is 289 g/mol. The zero-order valence-corrected chi connectivity index (χ0v) is 12.6. The molecular formula is C13H17Cl2NOS. The van der Waals surface area contributed by atoms with E-state index in [9.17, 15) is 4.21 Å². The molecule has 0 aromatic heterocycles. The molecule has 0 heterocycles. The summed E-state index contributed by atoms with van der Waals surface area (Å²) in [7, 11) is -1.18. The third kappa shape index (κ3) is 3.08. The average Bonchev–Trinajstić information content (AvgIpc) is 2.34. The van der Waals surface area contributed by atoms with Gasteiger partial charge < -0.3 is 5.73 Å². The first-order chi connectivity index (χ1) is 8.49. The van der Waals surface area contributed by atoms with Crippen LogP contribution in [0.4, 0.5) is 0 Å². The minimum Gasteiger partial charge on any atom is -0.327 e. The van der Waals surface area contributed by atoms with Crippen LogP contribution in [-0.4, -0.2) is 15.5 Å². The zero-order chi connectivity index (χ0) is 13.3. The maximum Gasteiger partial charge on any atom is 0.0592 e. The molecule has 5 heteroatoms. The van der Waals surface area contributed by atoms with Gasteiger partial charge in [-0.05, 0) is 43.4 Å². The molecule has 100 valence electrons. The Kier molecular flexibility index (Phi) is 4.70. The van der Waals surface area contributed by atoms with E-state index in [2.05, 4.69) is 6.92 Å². The van der Waals surface area contributed by atoms with Gasteiger partial charge in [0.25, 0.3) is 0 Å². The van der Waals surface area contributed by atoms with Crippen molar-refractivity contribution in [2.24, 2.45) is 11.7 Å². The Morgan fingerprint density at radius 3 is 2.78 bits per heavy atom. The Morgan fingerprint density at radius 1 is 1.33 bits per heavy atom. The molecule has 2 nitrogen and oxygen atoms in total. The SMILES string of the molecule is CC1CCC(N)C(S(=O)c2cc(Cl)ccc2Cl)C1. The van der Waals surface area contributed by atoms with Crippen molar-refractivity contribution in [3.8, 4) is 0 Å². The molecule has 1 aromatic rings. The van der Waals surface area contributed by atoms with E-state index >= 15 is 0 Å². The van der Waals surface area contributed by atoms with Gasteiger partial charge in [-0.2, -0.15) is 0 Å². The van der Waals surface area contributed by atoms with Crippen LogP contribution >= 0.6 is 23.2 Å². The van der Waals surface area contributed by atoms with E-state index in [1.54, 1.807) is 18.2 Å². The monoisotopic (exact) mass is 305 g/mol. The van der Waals surface area contributed by atoms with E-state index in [1.165, 1.54) is 0 Å². The number of hydrogen-bond donors (Lipinski definition) is 1. The maximum absolute atomic E-state index is 12.6. The third-order valence-electron chi connectivity index (χ3n) is 3.49. The fourth-order valence-electron chi connectivity index (χ4n) is 2.39. The first-order valence-corrected chi connectivity index (χ1v) is 8.07. The van der Waals surface area contributed by atoms with Crippen LogP contribution in [0.15, 0.2) is 23.1 Å². The van der Waals surface area contributed by atoms with Crippen molar-refractivity contribution in [3.63, 3.8) is 0 Å². The number of halogens is 2. The van der Waals surface area contributed by atoms with Crippen LogP contribution in [0.25, 0.3) is 0 Å². The molecule has 0 amide bonds. The highest BCUT2D eigenvalue weighted by atomic mass is 35.5. The Bertz CT molecular complexity index is 466. The van der Waals surface area contributed by atoms with Crippen molar-refractivity contribution >= 4 is 34.0 Å². The van der Waals surface area contributed by atoms with Gasteiger partial charge in [0.15, 0.2) is 0 Å². The Labute approximate surface area is 120 Å². The minimum atomic E-state index is -1.18. The standard InChI is InChI=1S/C13H17Cl2NOS/c1-8-2-5-11(16)13(6-8)18(17)12-7-9(14)3-4-10(12)15/h3-4,7-8,11,13H,2,5-6,16H2,1H3. The highest BCUT2D eigenvalue weighted by molar-refractivity contribution is 7.85.